The van der Waals surface area contributed by atoms with E-state index in [1.807, 2.05) is 24.4 Å². The number of pyridine rings is 1. The van der Waals surface area contributed by atoms with Crippen LogP contribution < -0.4 is 15.5 Å². The first-order valence-electron chi connectivity index (χ1n) is 10.5. The van der Waals surface area contributed by atoms with Gasteiger partial charge < -0.3 is 20.3 Å². The number of guanidine groups is 1. The lowest BCUT2D eigenvalue weighted by Gasteiger charge is -2.17. The average Bonchev–Trinajstić information content (AvgIpc) is 3.30. The van der Waals surface area contributed by atoms with Crippen LogP contribution in [0.3, 0.4) is 0 Å². The van der Waals surface area contributed by atoms with E-state index < -0.39 is 0 Å². The van der Waals surface area contributed by atoms with Crippen LogP contribution in [0.2, 0.25) is 0 Å². The maximum Gasteiger partial charge on any atom is 0.191 e. The predicted octanol–water partition coefficient (Wildman–Crippen LogP) is 3.82. The number of anilines is 1. The number of hydrogen-bond acceptors (Lipinski definition) is 4. The van der Waals surface area contributed by atoms with Crippen molar-refractivity contribution in [3.8, 4) is 0 Å². The molecule has 1 aliphatic rings. The molecule has 7 heteroatoms. The zero-order valence-electron chi connectivity index (χ0n) is 18.0. The highest BCUT2D eigenvalue weighted by molar-refractivity contribution is 14.0. The Morgan fingerprint density at radius 3 is 2.53 bits per heavy atom. The Morgan fingerprint density at radius 2 is 1.87 bits per heavy atom. The Labute approximate surface area is 197 Å². The van der Waals surface area contributed by atoms with Gasteiger partial charge >= 0.3 is 0 Å². The number of halogens is 1. The second kappa shape index (κ2) is 13.4. The van der Waals surface area contributed by atoms with Crippen molar-refractivity contribution < 1.29 is 4.74 Å². The number of nitrogens with zero attached hydrogens (tertiary/aromatic N) is 3. The number of aromatic nitrogens is 1. The number of aliphatic imine (C=N–C) groups is 1. The van der Waals surface area contributed by atoms with Gasteiger partial charge in [0, 0.05) is 39.4 Å². The highest BCUT2D eigenvalue weighted by Gasteiger charge is 2.13. The van der Waals surface area contributed by atoms with Crippen molar-refractivity contribution >= 4 is 35.8 Å². The van der Waals surface area contributed by atoms with Crippen LogP contribution in [0.5, 0.6) is 0 Å². The molecule has 3 rings (SSSR count). The molecule has 0 saturated carbocycles. The number of rotatable bonds is 9. The Kier molecular flexibility index (Phi) is 10.9. The van der Waals surface area contributed by atoms with Crippen molar-refractivity contribution in [3.05, 3.63) is 59.8 Å². The lowest BCUT2D eigenvalue weighted by Crippen LogP contribution is -2.39. The molecule has 2 aromatic rings. The van der Waals surface area contributed by atoms with Gasteiger partial charge in [-0.2, -0.15) is 0 Å². The van der Waals surface area contributed by atoms with E-state index in [2.05, 4.69) is 56.7 Å². The van der Waals surface area contributed by atoms with E-state index in [9.17, 15) is 0 Å². The van der Waals surface area contributed by atoms with Gasteiger partial charge in [0.1, 0.15) is 5.82 Å². The summed E-state index contributed by atoms with van der Waals surface area (Å²) < 4.78 is 5.82. The maximum absolute atomic E-state index is 5.82. The average molecular weight is 523 g/mol. The molecular formula is C23H34IN5O. The van der Waals surface area contributed by atoms with E-state index in [1.165, 1.54) is 18.4 Å². The SMILES string of the molecule is CN=C(NCc1ccc(N2CCCC2)nc1)NCC(C)COCc1ccccc1.I. The first-order chi connectivity index (χ1) is 14.2. The van der Waals surface area contributed by atoms with Crippen LogP contribution in [0.1, 0.15) is 30.9 Å². The summed E-state index contributed by atoms with van der Waals surface area (Å²) in [5.41, 5.74) is 2.35. The molecule has 1 unspecified atom stereocenters. The fraction of sp³-hybridized carbons (Fsp3) is 0.478. The maximum atomic E-state index is 5.82. The van der Waals surface area contributed by atoms with Gasteiger partial charge in [-0.25, -0.2) is 4.98 Å². The normalized spacial score (nSPS) is 14.9. The van der Waals surface area contributed by atoms with Crippen LogP contribution in [0.15, 0.2) is 53.7 Å². The highest BCUT2D eigenvalue weighted by atomic mass is 127. The van der Waals surface area contributed by atoms with E-state index in [-0.39, 0.29) is 24.0 Å². The van der Waals surface area contributed by atoms with Crippen LogP contribution in [-0.2, 0) is 17.9 Å². The molecule has 2 N–H and O–H groups in total. The molecular weight excluding hydrogens is 489 g/mol. The fourth-order valence-electron chi connectivity index (χ4n) is 3.34. The minimum atomic E-state index is 0. The van der Waals surface area contributed by atoms with Crippen LogP contribution in [-0.4, -0.2) is 44.2 Å². The van der Waals surface area contributed by atoms with Gasteiger partial charge in [-0.1, -0.05) is 43.3 Å². The van der Waals surface area contributed by atoms with E-state index >= 15 is 0 Å². The van der Waals surface area contributed by atoms with Crippen molar-refractivity contribution in [1.29, 1.82) is 0 Å². The smallest absolute Gasteiger partial charge is 0.191 e. The number of ether oxygens (including phenoxy) is 1. The van der Waals surface area contributed by atoms with Crippen molar-refractivity contribution in [2.45, 2.75) is 32.9 Å². The molecule has 2 heterocycles. The van der Waals surface area contributed by atoms with Crippen LogP contribution in [0.25, 0.3) is 0 Å². The molecule has 1 aromatic heterocycles. The minimum Gasteiger partial charge on any atom is -0.376 e. The second-order valence-electron chi connectivity index (χ2n) is 7.63. The van der Waals surface area contributed by atoms with Crippen molar-refractivity contribution in [2.75, 3.05) is 38.2 Å². The van der Waals surface area contributed by atoms with Crippen molar-refractivity contribution in [2.24, 2.45) is 10.9 Å². The Morgan fingerprint density at radius 1 is 1.10 bits per heavy atom. The summed E-state index contributed by atoms with van der Waals surface area (Å²) >= 11 is 0. The standard InChI is InChI=1S/C23H33N5O.HI/c1-19(17-29-18-20-8-4-3-5-9-20)14-26-23(24-2)27-16-21-10-11-22(25-15-21)28-12-6-7-13-28;/h3-5,8-11,15,19H,6-7,12-14,16-18H2,1-2H3,(H2,24,26,27);1H. The Balaban J connectivity index is 0.00000320. The van der Waals surface area contributed by atoms with Crippen LogP contribution in [0, 0.1) is 5.92 Å². The molecule has 6 nitrogen and oxygen atoms in total. The summed E-state index contributed by atoms with van der Waals surface area (Å²) in [5, 5.41) is 6.73. The lowest BCUT2D eigenvalue weighted by atomic mass is 10.2. The predicted molar refractivity (Wildman–Crippen MR) is 135 cm³/mol. The second-order valence-corrected chi connectivity index (χ2v) is 7.63. The van der Waals surface area contributed by atoms with E-state index in [0.717, 1.165) is 37.0 Å². The third-order valence-electron chi connectivity index (χ3n) is 5.05. The molecule has 0 radical (unpaired) electrons. The summed E-state index contributed by atoms with van der Waals surface area (Å²) in [5.74, 6) is 2.26. The van der Waals surface area contributed by atoms with Gasteiger partial charge in [0.25, 0.3) is 0 Å². The molecule has 1 atom stereocenters. The highest BCUT2D eigenvalue weighted by Crippen LogP contribution is 2.17. The summed E-state index contributed by atoms with van der Waals surface area (Å²) in [7, 11) is 1.79. The lowest BCUT2D eigenvalue weighted by molar-refractivity contribution is 0.0931. The molecule has 0 aliphatic carbocycles. The minimum absolute atomic E-state index is 0. The molecule has 1 saturated heterocycles. The Bertz CT molecular complexity index is 748. The molecule has 1 fully saturated rings. The van der Waals surface area contributed by atoms with Gasteiger partial charge in [-0.05, 0) is 36.0 Å². The Hall–Kier alpha value is -1.87. The van der Waals surface area contributed by atoms with E-state index in [1.54, 1.807) is 7.05 Å². The molecule has 0 amide bonds. The molecule has 1 aliphatic heterocycles. The van der Waals surface area contributed by atoms with Crippen molar-refractivity contribution in [3.63, 3.8) is 0 Å². The van der Waals surface area contributed by atoms with Gasteiger partial charge in [-0.3, -0.25) is 4.99 Å². The van der Waals surface area contributed by atoms with Gasteiger partial charge in [-0.15, -0.1) is 24.0 Å². The van der Waals surface area contributed by atoms with Gasteiger partial charge in [0.2, 0.25) is 0 Å². The van der Waals surface area contributed by atoms with Gasteiger partial charge in [0.15, 0.2) is 5.96 Å². The van der Waals surface area contributed by atoms with Crippen LogP contribution >= 0.6 is 24.0 Å². The molecule has 164 valence electrons. The first kappa shape index (κ1) is 24.4. The molecule has 0 bridgehead atoms. The van der Waals surface area contributed by atoms with Crippen LogP contribution in [0.4, 0.5) is 5.82 Å². The molecule has 0 spiro atoms. The molecule has 30 heavy (non-hydrogen) atoms. The summed E-state index contributed by atoms with van der Waals surface area (Å²) in [6.07, 6.45) is 4.49. The van der Waals surface area contributed by atoms with E-state index in [0.29, 0.717) is 25.7 Å². The third kappa shape index (κ3) is 8.10. The number of nitrogens with one attached hydrogen (secondary N) is 2. The molecule has 1 aromatic carbocycles. The van der Waals surface area contributed by atoms with Gasteiger partial charge in [0.05, 0.1) is 13.2 Å². The third-order valence-corrected chi connectivity index (χ3v) is 5.05. The topological polar surface area (TPSA) is 61.8 Å². The summed E-state index contributed by atoms with van der Waals surface area (Å²) in [4.78, 5) is 11.3. The summed E-state index contributed by atoms with van der Waals surface area (Å²) in [6, 6.07) is 14.5. The fourth-order valence-corrected chi connectivity index (χ4v) is 3.34. The quantitative estimate of drug-likeness (QED) is 0.298. The van der Waals surface area contributed by atoms with E-state index in [4.69, 9.17) is 4.74 Å². The number of hydrogen-bond donors (Lipinski definition) is 2. The number of benzene rings is 1. The first-order valence-corrected chi connectivity index (χ1v) is 10.5. The summed E-state index contributed by atoms with van der Waals surface area (Å²) in [6.45, 7) is 7.28. The largest absolute Gasteiger partial charge is 0.376 e. The monoisotopic (exact) mass is 523 g/mol. The van der Waals surface area contributed by atoms with Crippen molar-refractivity contribution in [1.82, 2.24) is 15.6 Å². The zero-order chi connectivity index (χ0) is 20.3. The zero-order valence-corrected chi connectivity index (χ0v) is 20.3.